The molecule has 41 heavy (non-hydrogen) atoms. The van der Waals surface area contributed by atoms with Crippen LogP contribution in [-0.4, -0.2) is 52.5 Å². The largest absolute Gasteiger partial charge is 0.478 e. The molecular formula is C28H26ClF2N5O4S. The summed E-state index contributed by atoms with van der Waals surface area (Å²) in [6, 6.07) is 2.77. The van der Waals surface area contributed by atoms with E-state index in [0.717, 1.165) is 6.07 Å². The lowest BCUT2D eigenvalue weighted by atomic mass is 9.85. The predicted molar refractivity (Wildman–Crippen MR) is 150 cm³/mol. The number of carboxylic acids is 1. The second-order valence-corrected chi connectivity index (χ2v) is 10.9. The van der Waals surface area contributed by atoms with Crippen LogP contribution in [0.4, 0.5) is 14.6 Å². The monoisotopic (exact) mass is 601 g/mol. The zero-order valence-corrected chi connectivity index (χ0v) is 23.7. The van der Waals surface area contributed by atoms with Crippen molar-refractivity contribution < 1.29 is 28.2 Å². The molecule has 9 nitrogen and oxygen atoms in total. The van der Waals surface area contributed by atoms with Gasteiger partial charge in [0.25, 0.3) is 0 Å². The topological polar surface area (TPSA) is 117 Å². The number of amidine groups is 1. The molecule has 13 heteroatoms. The second kappa shape index (κ2) is 11.9. The Morgan fingerprint density at radius 3 is 2.66 bits per heavy atom. The molecule has 0 saturated carbocycles. The molecule has 1 unspecified atom stereocenters. The molecule has 0 amide bonds. The van der Waals surface area contributed by atoms with E-state index in [4.69, 9.17) is 21.3 Å². The number of halogens is 3. The van der Waals surface area contributed by atoms with E-state index in [0.29, 0.717) is 53.9 Å². The molecule has 0 aliphatic carbocycles. The van der Waals surface area contributed by atoms with Crippen molar-refractivity contribution in [2.24, 2.45) is 10.9 Å². The van der Waals surface area contributed by atoms with E-state index in [1.54, 1.807) is 37.7 Å². The normalized spacial score (nSPS) is 17.7. The van der Waals surface area contributed by atoms with Gasteiger partial charge in [-0.25, -0.2) is 28.3 Å². The minimum Gasteiger partial charge on any atom is -0.478 e. The molecule has 0 spiro atoms. The number of carbonyl (C=O) groups is 2. The number of aliphatic imine (C=N–C) groups is 1. The number of aromatic carboxylic acids is 1. The molecule has 2 aliphatic rings. The Morgan fingerprint density at radius 2 is 2.00 bits per heavy atom. The summed E-state index contributed by atoms with van der Waals surface area (Å²) >= 11 is 7.60. The highest BCUT2D eigenvalue weighted by Crippen LogP contribution is 2.41. The molecule has 3 aromatic rings. The Morgan fingerprint density at radius 1 is 1.24 bits per heavy atom. The summed E-state index contributed by atoms with van der Waals surface area (Å²) in [6.45, 7) is 4.53. The first-order valence-electron chi connectivity index (χ1n) is 12.9. The smallest absolute Gasteiger partial charge is 0.338 e. The molecule has 2 aliphatic heterocycles. The maximum absolute atomic E-state index is 14.6. The molecule has 2 N–H and O–H groups in total. The molecule has 1 saturated heterocycles. The summed E-state index contributed by atoms with van der Waals surface area (Å²) in [5, 5.41) is 14.7. The number of aryl methyl sites for hydroxylation is 1. The lowest BCUT2D eigenvalue weighted by Gasteiger charge is -2.37. The van der Waals surface area contributed by atoms with Gasteiger partial charge in [0.2, 0.25) is 0 Å². The van der Waals surface area contributed by atoms with E-state index in [1.165, 1.54) is 17.4 Å². The Bertz CT molecular complexity index is 1560. The summed E-state index contributed by atoms with van der Waals surface area (Å²) in [7, 11) is 0. The van der Waals surface area contributed by atoms with Crippen LogP contribution in [0.25, 0.3) is 0 Å². The number of carboxylic acid groups (broad SMARTS) is 1. The molecule has 2 aromatic heterocycles. The number of anilines is 1. The molecule has 1 aromatic carbocycles. The summed E-state index contributed by atoms with van der Waals surface area (Å²) in [5.41, 5.74) is 1.61. The Balaban J connectivity index is 1.54. The Labute approximate surface area is 243 Å². The average molecular weight is 602 g/mol. The minimum absolute atomic E-state index is 0.0976. The summed E-state index contributed by atoms with van der Waals surface area (Å²) in [5.74, 6) is -3.24. The van der Waals surface area contributed by atoms with Gasteiger partial charge in [-0.1, -0.05) is 17.7 Å². The highest BCUT2D eigenvalue weighted by Gasteiger charge is 2.38. The van der Waals surface area contributed by atoms with Crippen molar-refractivity contribution in [1.82, 2.24) is 15.3 Å². The van der Waals surface area contributed by atoms with E-state index in [1.807, 2.05) is 4.90 Å². The number of hydrogen-bond acceptors (Lipinski definition) is 9. The average Bonchev–Trinajstić information content (AvgIpc) is 3.51. The third kappa shape index (κ3) is 5.66. The van der Waals surface area contributed by atoms with Crippen LogP contribution in [0.1, 0.15) is 52.3 Å². The number of hydrogen-bond donors (Lipinski definition) is 2. The van der Waals surface area contributed by atoms with Gasteiger partial charge >= 0.3 is 11.9 Å². The molecular weight excluding hydrogens is 576 g/mol. The number of ether oxygens (including phenoxy) is 1. The van der Waals surface area contributed by atoms with Gasteiger partial charge in [0.15, 0.2) is 22.5 Å². The van der Waals surface area contributed by atoms with Gasteiger partial charge in [-0.2, -0.15) is 0 Å². The molecule has 1 atom stereocenters. The van der Waals surface area contributed by atoms with E-state index < -0.39 is 34.6 Å². The number of pyridine rings is 1. The fraction of sp³-hybridized carbons (Fsp3) is 0.321. The lowest BCUT2D eigenvalue weighted by molar-refractivity contribution is -0.139. The van der Waals surface area contributed by atoms with Gasteiger partial charge in [-0.05, 0) is 44.4 Å². The van der Waals surface area contributed by atoms with Crippen molar-refractivity contribution >= 4 is 46.5 Å². The number of nitrogens with one attached hydrogen (secondary N) is 1. The van der Waals surface area contributed by atoms with Crippen molar-refractivity contribution in [2.45, 2.75) is 32.7 Å². The zero-order chi connectivity index (χ0) is 29.3. The van der Waals surface area contributed by atoms with E-state index >= 15 is 0 Å². The highest BCUT2D eigenvalue weighted by molar-refractivity contribution is 7.11. The molecule has 0 bridgehead atoms. The SMILES string of the molecule is CCOC(=O)C1=C(C2CCN(c3cc(C(=O)O)c(C)cn3)CC2)NC(c2nccs2)=NC1c1ccc(F)c(F)c1Cl. The summed E-state index contributed by atoms with van der Waals surface area (Å²) < 4.78 is 34.0. The van der Waals surface area contributed by atoms with Gasteiger partial charge in [0, 0.05) is 48.0 Å². The summed E-state index contributed by atoms with van der Waals surface area (Å²) in [6.07, 6.45) is 4.31. The molecule has 5 rings (SSSR count). The first-order chi connectivity index (χ1) is 19.7. The number of piperidine rings is 1. The van der Waals surface area contributed by atoms with Crippen LogP contribution in [0, 0.1) is 24.5 Å². The number of benzene rings is 1. The maximum atomic E-state index is 14.6. The number of rotatable bonds is 7. The van der Waals surface area contributed by atoms with Crippen LogP contribution >= 0.6 is 22.9 Å². The maximum Gasteiger partial charge on any atom is 0.338 e. The van der Waals surface area contributed by atoms with Gasteiger partial charge in [-0.3, -0.25) is 4.99 Å². The Kier molecular flexibility index (Phi) is 8.32. The Hall–Kier alpha value is -3.90. The van der Waals surface area contributed by atoms with Crippen molar-refractivity contribution in [2.75, 3.05) is 24.6 Å². The number of aromatic nitrogens is 2. The third-order valence-electron chi connectivity index (χ3n) is 7.11. The summed E-state index contributed by atoms with van der Waals surface area (Å²) in [4.78, 5) is 40.5. The van der Waals surface area contributed by atoms with Crippen molar-refractivity contribution in [3.63, 3.8) is 0 Å². The predicted octanol–water partition coefficient (Wildman–Crippen LogP) is 5.30. The van der Waals surface area contributed by atoms with Crippen LogP contribution in [0.2, 0.25) is 5.02 Å². The first kappa shape index (κ1) is 28.6. The number of esters is 1. The van der Waals surface area contributed by atoms with Crippen LogP contribution in [-0.2, 0) is 9.53 Å². The third-order valence-corrected chi connectivity index (χ3v) is 8.28. The van der Waals surface area contributed by atoms with Crippen molar-refractivity contribution in [3.8, 4) is 0 Å². The highest BCUT2D eigenvalue weighted by atomic mass is 35.5. The number of allylic oxidation sites excluding steroid dienone is 1. The fourth-order valence-corrected chi connectivity index (χ4v) is 5.90. The van der Waals surface area contributed by atoms with Crippen LogP contribution in [0.5, 0.6) is 0 Å². The van der Waals surface area contributed by atoms with Gasteiger partial charge in [0.05, 0.1) is 22.8 Å². The van der Waals surface area contributed by atoms with Crippen LogP contribution in [0.3, 0.4) is 0 Å². The quantitative estimate of drug-likeness (QED) is 0.277. The van der Waals surface area contributed by atoms with E-state index in [9.17, 15) is 23.5 Å². The van der Waals surface area contributed by atoms with Crippen molar-refractivity contribution in [3.05, 3.63) is 85.6 Å². The van der Waals surface area contributed by atoms with Crippen molar-refractivity contribution in [1.29, 1.82) is 0 Å². The zero-order valence-electron chi connectivity index (χ0n) is 22.2. The van der Waals surface area contributed by atoms with Gasteiger partial charge in [-0.15, -0.1) is 11.3 Å². The molecule has 1 fully saturated rings. The first-order valence-corrected chi connectivity index (χ1v) is 14.2. The fourth-order valence-electron chi connectivity index (χ4n) is 5.06. The molecule has 214 valence electrons. The standard InChI is InChI=1S/C28H26ClF2N5O4S/c1-3-40-28(39)20-23(15-6-9-36(10-7-15)19-12-17(27(37)38)14(2)13-33-19)34-25(26-32-8-11-41-26)35-24(20)16-4-5-18(30)22(31)21(16)29/h4-5,8,11-13,15,24H,3,6-7,9-10H2,1-2H3,(H,34,35)(H,37,38). The lowest BCUT2D eigenvalue weighted by Crippen LogP contribution is -2.41. The molecule has 0 radical (unpaired) electrons. The minimum atomic E-state index is -1.22. The number of thiazole rings is 1. The van der Waals surface area contributed by atoms with Crippen LogP contribution in [0.15, 0.2) is 52.2 Å². The number of nitrogens with zero attached hydrogens (tertiary/aromatic N) is 4. The number of carbonyl (C=O) groups excluding carboxylic acids is 1. The second-order valence-electron chi connectivity index (χ2n) is 9.58. The van der Waals surface area contributed by atoms with E-state index in [-0.39, 0.29) is 29.2 Å². The van der Waals surface area contributed by atoms with Crippen LogP contribution < -0.4 is 10.2 Å². The van der Waals surface area contributed by atoms with Gasteiger partial charge in [0.1, 0.15) is 11.9 Å². The van der Waals surface area contributed by atoms with Gasteiger partial charge < -0.3 is 20.1 Å². The molecule has 4 heterocycles. The van der Waals surface area contributed by atoms with E-state index in [2.05, 4.69) is 15.3 Å².